The zero-order valence-corrected chi connectivity index (χ0v) is 13.1. The summed E-state index contributed by atoms with van der Waals surface area (Å²) in [5, 5.41) is 3.59. The molecule has 3 nitrogen and oxygen atoms in total. The molecule has 1 saturated heterocycles. The molecule has 0 atom stereocenters. The third-order valence-electron chi connectivity index (χ3n) is 4.76. The van der Waals surface area contributed by atoms with Gasteiger partial charge in [0.05, 0.1) is 0 Å². The second-order valence-corrected chi connectivity index (χ2v) is 6.86. The first-order valence-electron chi connectivity index (χ1n) is 8.18. The van der Waals surface area contributed by atoms with E-state index in [2.05, 4.69) is 31.0 Å². The van der Waals surface area contributed by atoms with Crippen LogP contribution in [0.3, 0.4) is 0 Å². The Morgan fingerprint density at radius 2 is 1.95 bits per heavy atom. The lowest BCUT2D eigenvalue weighted by Crippen LogP contribution is -2.49. The molecule has 1 N–H and O–H groups in total. The van der Waals surface area contributed by atoms with Gasteiger partial charge in [-0.1, -0.05) is 6.92 Å². The lowest BCUT2D eigenvalue weighted by atomic mass is 9.79. The first kappa shape index (κ1) is 15.3. The summed E-state index contributed by atoms with van der Waals surface area (Å²) in [7, 11) is 0. The topological polar surface area (TPSA) is 24.5 Å². The van der Waals surface area contributed by atoms with Crippen molar-refractivity contribution in [2.45, 2.75) is 52.5 Å². The van der Waals surface area contributed by atoms with E-state index >= 15 is 0 Å². The van der Waals surface area contributed by atoms with Crippen LogP contribution in [0.4, 0.5) is 0 Å². The van der Waals surface area contributed by atoms with Crippen molar-refractivity contribution in [1.29, 1.82) is 0 Å². The average Bonchev–Trinajstić information content (AvgIpc) is 3.21. The van der Waals surface area contributed by atoms with Crippen molar-refractivity contribution < 1.29 is 4.74 Å². The maximum atomic E-state index is 5.59. The van der Waals surface area contributed by atoms with Gasteiger partial charge < -0.3 is 15.0 Å². The van der Waals surface area contributed by atoms with Crippen LogP contribution < -0.4 is 5.32 Å². The van der Waals surface area contributed by atoms with Gasteiger partial charge >= 0.3 is 0 Å². The molecule has 0 bridgehead atoms. The molecular formula is C16H32N2O. The Morgan fingerprint density at radius 1 is 1.26 bits per heavy atom. The molecular weight excluding hydrogens is 236 g/mol. The van der Waals surface area contributed by atoms with Crippen molar-refractivity contribution in [3.63, 3.8) is 0 Å². The summed E-state index contributed by atoms with van der Waals surface area (Å²) in [6, 6.07) is 0.668. The molecule has 2 aliphatic rings. The third-order valence-corrected chi connectivity index (χ3v) is 4.76. The van der Waals surface area contributed by atoms with Gasteiger partial charge in [-0.2, -0.15) is 0 Å². The highest BCUT2D eigenvalue weighted by Crippen LogP contribution is 2.35. The van der Waals surface area contributed by atoms with Crippen LogP contribution in [0.5, 0.6) is 0 Å². The minimum Gasteiger partial charge on any atom is -0.381 e. The van der Waals surface area contributed by atoms with Crippen molar-refractivity contribution in [1.82, 2.24) is 10.2 Å². The molecule has 0 amide bonds. The second kappa shape index (κ2) is 7.05. The van der Waals surface area contributed by atoms with Gasteiger partial charge in [0, 0.05) is 38.9 Å². The maximum absolute atomic E-state index is 5.59. The first-order chi connectivity index (χ1) is 9.15. The van der Waals surface area contributed by atoms with E-state index < -0.39 is 0 Å². The average molecular weight is 268 g/mol. The summed E-state index contributed by atoms with van der Waals surface area (Å²) in [5.41, 5.74) is 0.438. The minimum atomic E-state index is 0.438. The van der Waals surface area contributed by atoms with Crippen molar-refractivity contribution >= 4 is 0 Å². The zero-order valence-electron chi connectivity index (χ0n) is 13.1. The van der Waals surface area contributed by atoms with Gasteiger partial charge in [-0.15, -0.1) is 0 Å². The fraction of sp³-hybridized carbons (Fsp3) is 1.00. The summed E-state index contributed by atoms with van der Waals surface area (Å²) < 4.78 is 5.59. The zero-order chi connectivity index (χ0) is 13.7. The molecule has 112 valence electrons. The van der Waals surface area contributed by atoms with E-state index in [1.54, 1.807) is 0 Å². The molecule has 0 aromatic heterocycles. The van der Waals surface area contributed by atoms with Crippen molar-refractivity contribution in [3.05, 3.63) is 0 Å². The number of hydrogen-bond donors (Lipinski definition) is 1. The Hall–Kier alpha value is -0.120. The minimum absolute atomic E-state index is 0.438. The lowest BCUT2D eigenvalue weighted by molar-refractivity contribution is -0.0101. The van der Waals surface area contributed by atoms with E-state index in [1.807, 2.05) is 0 Å². The van der Waals surface area contributed by atoms with Crippen LogP contribution in [-0.2, 0) is 4.74 Å². The van der Waals surface area contributed by atoms with Crippen LogP contribution in [-0.4, -0.2) is 50.3 Å². The predicted molar refractivity (Wildman–Crippen MR) is 80.5 cm³/mol. The van der Waals surface area contributed by atoms with Crippen LogP contribution in [0.2, 0.25) is 0 Å². The van der Waals surface area contributed by atoms with E-state index in [4.69, 9.17) is 4.74 Å². The largest absolute Gasteiger partial charge is 0.381 e. The third kappa shape index (κ3) is 4.73. The molecule has 19 heavy (non-hydrogen) atoms. The molecule has 0 radical (unpaired) electrons. The number of nitrogens with one attached hydrogen (secondary N) is 1. The lowest BCUT2D eigenvalue weighted by Gasteiger charge is -2.42. The normalized spacial score (nSPS) is 23.2. The molecule has 2 fully saturated rings. The molecule has 1 heterocycles. The Labute approximate surface area is 119 Å². The van der Waals surface area contributed by atoms with Gasteiger partial charge in [-0.3, -0.25) is 0 Å². The fourth-order valence-corrected chi connectivity index (χ4v) is 3.11. The number of hydrogen-bond acceptors (Lipinski definition) is 3. The Morgan fingerprint density at radius 3 is 2.47 bits per heavy atom. The van der Waals surface area contributed by atoms with Gasteiger partial charge in [-0.25, -0.2) is 0 Å². The second-order valence-electron chi connectivity index (χ2n) is 6.86. The van der Waals surface area contributed by atoms with E-state index in [1.165, 1.54) is 38.8 Å². The van der Waals surface area contributed by atoms with Crippen LogP contribution in [0, 0.1) is 11.3 Å². The molecule has 0 aromatic rings. The smallest absolute Gasteiger partial charge is 0.0472 e. The van der Waals surface area contributed by atoms with Crippen molar-refractivity contribution in [2.75, 3.05) is 39.4 Å². The van der Waals surface area contributed by atoms with E-state index in [0.29, 0.717) is 11.5 Å². The molecule has 3 heteroatoms. The van der Waals surface area contributed by atoms with Gasteiger partial charge in [0.2, 0.25) is 0 Å². The first-order valence-corrected chi connectivity index (χ1v) is 8.18. The van der Waals surface area contributed by atoms with Gasteiger partial charge in [0.1, 0.15) is 0 Å². The summed E-state index contributed by atoms with van der Waals surface area (Å²) in [6.45, 7) is 13.6. The molecule has 0 unspecified atom stereocenters. The fourth-order valence-electron chi connectivity index (χ4n) is 3.11. The number of rotatable bonds is 8. The highest BCUT2D eigenvalue weighted by molar-refractivity contribution is 4.89. The highest BCUT2D eigenvalue weighted by Gasteiger charge is 2.36. The number of nitrogens with zero attached hydrogens (tertiary/aromatic N) is 1. The molecule has 1 aliphatic carbocycles. The van der Waals surface area contributed by atoms with Crippen molar-refractivity contribution in [3.8, 4) is 0 Å². The van der Waals surface area contributed by atoms with Crippen LogP contribution in [0.25, 0.3) is 0 Å². The van der Waals surface area contributed by atoms with E-state index in [-0.39, 0.29) is 0 Å². The Kier molecular flexibility index (Phi) is 5.67. The standard InChI is InChI=1S/C16H32N2O/c1-4-17-12-16(7-9-19-10-8-16)13-18(14(2)3)11-15-5-6-15/h14-15,17H,4-13H2,1-3H3. The van der Waals surface area contributed by atoms with Gasteiger partial charge in [0.25, 0.3) is 0 Å². The molecule has 1 saturated carbocycles. The van der Waals surface area contributed by atoms with E-state index in [9.17, 15) is 0 Å². The van der Waals surface area contributed by atoms with Gasteiger partial charge in [-0.05, 0) is 57.4 Å². The number of ether oxygens (including phenoxy) is 1. The summed E-state index contributed by atoms with van der Waals surface area (Å²) in [4.78, 5) is 2.72. The Bertz CT molecular complexity index is 257. The van der Waals surface area contributed by atoms with Crippen molar-refractivity contribution in [2.24, 2.45) is 11.3 Å². The summed E-state index contributed by atoms with van der Waals surface area (Å²) in [6.07, 6.45) is 5.33. The summed E-state index contributed by atoms with van der Waals surface area (Å²) >= 11 is 0. The van der Waals surface area contributed by atoms with Crippen LogP contribution >= 0.6 is 0 Å². The molecule has 2 rings (SSSR count). The predicted octanol–water partition coefficient (Wildman–Crippen LogP) is 2.51. The van der Waals surface area contributed by atoms with Gasteiger partial charge in [0.15, 0.2) is 0 Å². The summed E-state index contributed by atoms with van der Waals surface area (Å²) in [5.74, 6) is 0.985. The highest BCUT2D eigenvalue weighted by atomic mass is 16.5. The molecule has 0 spiro atoms. The molecule has 1 aliphatic heterocycles. The van der Waals surface area contributed by atoms with Crippen LogP contribution in [0.1, 0.15) is 46.5 Å². The van der Waals surface area contributed by atoms with Crippen LogP contribution in [0.15, 0.2) is 0 Å². The quantitative estimate of drug-likeness (QED) is 0.732. The maximum Gasteiger partial charge on any atom is 0.0472 e. The SMILES string of the molecule is CCNCC1(CN(CC2CC2)C(C)C)CCOCC1. The van der Waals surface area contributed by atoms with E-state index in [0.717, 1.165) is 32.2 Å². The monoisotopic (exact) mass is 268 g/mol. The molecule has 0 aromatic carbocycles. The Balaban J connectivity index is 1.94.